The molecule has 1 amide bonds. The average Bonchev–Trinajstić information content (AvgIpc) is 3.17. The first-order valence-corrected chi connectivity index (χ1v) is 10.9. The number of β-amino-alcohol motifs (C(OH)–C–C–N with tert-alkyl or cyclic N) is 1. The largest absolute Gasteiger partial charge is 0.392 e. The van der Waals surface area contributed by atoms with Gasteiger partial charge in [-0.1, -0.05) is 12.1 Å². The first-order valence-electron chi connectivity index (χ1n) is 9.41. The number of fused-ring (bicyclic) bond motifs is 1. The van der Waals surface area contributed by atoms with Crippen molar-refractivity contribution in [2.24, 2.45) is 0 Å². The number of amides is 1. The highest BCUT2D eigenvalue weighted by molar-refractivity contribution is 7.89. The highest BCUT2D eigenvalue weighted by Gasteiger charge is 2.29. The zero-order valence-corrected chi connectivity index (χ0v) is 16.5. The normalized spacial score (nSPS) is 18.0. The summed E-state index contributed by atoms with van der Waals surface area (Å²) in [5.41, 5.74) is 2.06. The first kappa shape index (κ1) is 19.6. The van der Waals surface area contributed by atoms with Crippen LogP contribution in [0.3, 0.4) is 0 Å². The molecule has 0 saturated carbocycles. The van der Waals surface area contributed by atoms with Crippen molar-refractivity contribution in [1.82, 2.24) is 19.6 Å². The highest BCUT2D eigenvalue weighted by atomic mass is 32.2. The number of rotatable bonds is 5. The molecule has 2 aromatic heterocycles. The minimum atomic E-state index is -3.63. The predicted octanol–water partition coefficient (Wildman–Crippen LogP) is 1.64. The number of H-pyrrole nitrogens is 1. The predicted molar refractivity (Wildman–Crippen MR) is 108 cm³/mol. The van der Waals surface area contributed by atoms with E-state index in [1.54, 1.807) is 36.7 Å². The summed E-state index contributed by atoms with van der Waals surface area (Å²) in [7, 11) is -3.63. The molecule has 3 aromatic rings. The van der Waals surface area contributed by atoms with E-state index in [1.807, 2.05) is 0 Å². The number of carbonyl (C=O) groups excluding carboxylic acids is 1. The number of aromatic amines is 1. The minimum absolute atomic E-state index is 0.125. The molecule has 1 aromatic carbocycles. The van der Waals surface area contributed by atoms with E-state index in [9.17, 15) is 18.3 Å². The van der Waals surface area contributed by atoms with Crippen LogP contribution < -0.4 is 5.32 Å². The molecule has 0 bridgehead atoms. The third-order valence-electron chi connectivity index (χ3n) is 5.04. The number of pyridine rings is 1. The summed E-state index contributed by atoms with van der Waals surface area (Å²) in [6.07, 6.45) is 3.99. The van der Waals surface area contributed by atoms with Crippen LogP contribution in [0.1, 0.15) is 28.9 Å². The van der Waals surface area contributed by atoms with Gasteiger partial charge in [-0.15, -0.1) is 0 Å². The van der Waals surface area contributed by atoms with Gasteiger partial charge in [0.15, 0.2) is 0 Å². The maximum absolute atomic E-state index is 12.7. The van der Waals surface area contributed by atoms with Gasteiger partial charge in [-0.25, -0.2) is 8.42 Å². The van der Waals surface area contributed by atoms with E-state index >= 15 is 0 Å². The quantitative estimate of drug-likeness (QED) is 0.587. The van der Waals surface area contributed by atoms with Crippen LogP contribution in [0, 0.1) is 0 Å². The van der Waals surface area contributed by atoms with Gasteiger partial charge in [0.1, 0.15) is 5.69 Å². The Morgan fingerprint density at radius 3 is 2.79 bits per heavy atom. The number of aromatic nitrogens is 2. The SMILES string of the molecule is O=C(NCc1ccc(S(=O)(=O)N2CCCC(O)C2)cc1)c1cc2cnccc2[nH]1. The Hall–Kier alpha value is -2.75. The molecular formula is C20H22N4O4S. The van der Waals surface area contributed by atoms with Crippen LogP contribution >= 0.6 is 0 Å². The van der Waals surface area contributed by atoms with Crippen molar-refractivity contribution in [3.8, 4) is 0 Å². The molecule has 8 nitrogen and oxygen atoms in total. The molecule has 1 saturated heterocycles. The summed E-state index contributed by atoms with van der Waals surface area (Å²) in [6, 6.07) is 9.97. The summed E-state index contributed by atoms with van der Waals surface area (Å²) < 4.78 is 26.8. The fourth-order valence-corrected chi connectivity index (χ4v) is 4.96. The molecule has 1 aliphatic heterocycles. The van der Waals surface area contributed by atoms with Gasteiger partial charge in [-0.3, -0.25) is 9.78 Å². The van der Waals surface area contributed by atoms with Crippen molar-refractivity contribution in [3.63, 3.8) is 0 Å². The van der Waals surface area contributed by atoms with Crippen molar-refractivity contribution in [1.29, 1.82) is 0 Å². The van der Waals surface area contributed by atoms with Crippen LogP contribution in [0.15, 0.2) is 53.7 Å². The van der Waals surface area contributed by atoms with E-state index in [0.29, 0.717) is 25.1 Å². The van der Waals surface area contributed by atoms with Crippen LogP contribution in [0.4, 0.5) is 0 Å². The lowest BCUT2D eigenvalue weighted by Gasteiger charge is -2.29. The van der Waals surface area contributed by atoms with Gasteiger partial charge in [0, 0.05) is 42.9 Å². The van der Waals surface area contributed by atoms with Crippen LogP contribution in [-0.4, -0.2) is 52.9 Å². The van der Waals surface area contributed by atoms with Crippen LogP contribution in [0.5, 0.6) is 0 Å². The maximum Gasteiger partial charge on any atom is 0.267 e. The molecule has 1 fully saturated rings. The van der Waals surface area contributed by atoms with Gasteiger partial charge in [-0.05, 0) is 42.7 Å². The fourth-order valence-electron chi connectivity index (χ4n) is 3.44. The summed E-state index contributed by atoms with van der Waals surface area (Å²) in [5.74, 6) is -0.250. The number of benzene rings is 1. The van der Waals surface area contributed by atoms with Crippen molar-refractivity contribution >= 4 is 26.8 Å². The standard InChI is InChI=1S/C20H22N4O4S/c25-16-2-1-9-24(13-16)29(27,28)17-5-3-14(4-6-17)11-22-20(26)19-10-15-12-21-8-7-18(15)23-19/h3-8,10,12,16,23,25H,1-2,9,11,13H2,(H,22,26). The number of hydrogen-bond donors (Lipinski definition) is 3. The van der Waals surface area contributed by atoms with E-state index in [-0.39, 0.29) is 23.9 Å². The van der Waals surface area contributed by atoms with E-state index in [1.165, 1.54) is 16.4 Å². The number of carbonyl (C=O) groups is 1. The Morgan fingerprint density at radius 1 is 1.28 bits per heavy atom. The van der Waals surface area contributed by atoms with Gasteiger partial charge in [0.2, 0.25) is 10.0 Å². The summed E-state index contributed by atoms with van der Waals surface area (Å²) in [5, 5.41) is 13.4. The molecule has 4 rings (SSSR count). The lowest BCUT2D eigenvalue weighted by Crippen LogP contribution is -2.42. The molecule has 1 unspecified atom stereocenters. The number of hydrogen-bond acceptors (Lipinski definition) is 5. The van der Waals surface area contributed by atoms with Gasteiger partial charge in [-0.2, -0.15) is 4.31 Å². The second-order valence-corrected chi connectivity index (χ2v) is 9.07. The molecule has 0 spiro atoms. The fraction of sp³-hybridized carbons (Fsp3) is 0.300. The zero-order chi connectivity index (χ0) is 20.4. The Balaban J connectivity index is 1.41. The van der Waals surface area contributed by atoms with E-state index < -0.39 is 16.1 Å². The number of nitrogens with zero attached hydrogens (tertiary/aromatic N) is 2. The molecule has 0 radical (unpaired) electrons. The van der Waals surface area contributed by atoms with Gasteiger partial charge in [0.25, 0.3) is 5.91 Å². The Morgan fingerprint density at radius 2 is 2.07 bits per heavy atom. The lowest BCUT2D eigenvalue weighted by atomic mass is 10.1. The third-order valence-corrected chi connectivity index (χ3v) is 6.92. The van der Waals surface area contributed by atoms with Crippen molar-refractivity contribution in [2.75, 3.05) is 13.1 Å². The van der Waals surface area contributed by atoms with Gasteiger partial charge < -0.3 is 15.4 Å². The van der Waals surface area contributed by atoms with Crippen molar-refractivity contribution in [2.45, 2.75) is 30.4 Å². The highest BCUT2D eigenvalue weighted by Crippen LogP contribution is 2.21. The van der Waals surface area contributed by atoms with Gasteiger partial charge >= 0.3 is 0 Å². The topological polar surface area (TPSA) is 115 Å². The smallest absolute Gasteiger partial charge is 0.267 e. The molecule has 1 atom stereocenters. The zero-order valence-electron chi connectivity index (χ0n) is 15.7. The summed E-state index contributed by atoms with van der Waals surface area (Å²) in [4.78, 5) is 19.6. The number of nitrogens with one attached hydrogen (secondary N) is 2. The molecular weight excluding hydrogens is 392 g/mol. The summed E-state index contributed by atoms with van der Waals surface area (Å²) in [6.45, 7) is 0.812. The maximum atomic E-state index is 12.7. The van der Waals surface area contributed by atoms with Crippen LogP contribution in [0.25, 0.3) is 10.9 Å². The second-order valence-electron chi connectivity index (χ2n) is 7.13. The van der Waals surface area contributed by atoms with Crippen molar-refractivity contribution in [3.05, 3.63) is 60.0 Å². The lowest BCUT2D eigenvalue weighted by molar-refractivity contribution is 0.0946. The van der Waals surface area contributed by atoms with E-state index in [0.717, 1.165) is 16.5 Å². The third kappa shape index (κ3) is 4.16. The van der Waals surface area contributed by atoms with Crippen LogP contribution in [-0.2, 0) is 16.6 Å². The molecule has 152 valence electrons. The number of aliphatic hydroxyl groups excluding tert-OH is 1. The van der Waals surface area contributed by atoms with E-state index in [2.05, 4.69) is 15.3 Å². The van der Waals surface area contributed by atoms with Crippen molar-refractivity contribution < 1.29 is 18.3 Å². The Kier molecular flexibility index (Phi) is 5.35. The second kappa shape index (κ2) is 7.94. The molecule has 0 aliphatic carbocycles. The first-order chi connectivity index (χ1) is 13.9. The molecule has 3 N–H and O–H groups in total. The summed E-state index contributed by atoms with van der Waals surface area (Å²) >= 11 is 0. The molecule has 1 aliphatic rings. The number of sulfonamides is 1. The average molecular weight is 414 g/mol. The van der Waals surface area contributed by atoms with Gasteiger partial charge in [0.05, 0.1) is 11.0 Å². The van der Waals surface area contributed by atoms with E-state index in [4.69, 9.17) is 0 Å². The number of piperidine rings is 1. The Bertz CT molecular complexity index is 1090. The molecule has 29 heavy (non-hydrogen) atoms. The Labute approximate surface area is 168 Å². The van der Waals surface area contributed by atoms with Crippen LogP contribution in [0.2, 0.25) is 0 Å². The minimum Gasteiger partial charge on any atom is -0.392 e. The number of aliphatic hydroxyl groups is 1. The molecule has 3 heterocycles. The monoisotopic (exact) mass is 414 g/mol. The molecule has 9 heteroatoms.